The Labute approximate surface area is 103 Å². The first-order valence-corrected chi connectivity index (χ1v) is 5.30. The van der Waals surface area contributed by atoms with Crippen molar-refractivity contribution in [1.29, 1.82) is 0 Å². The van der Waals surface area contributed by atoms with Crippen LogP contribution in [0.2, 0.25) is 0 Å². The van der Waals surface area contributed by atoms with Gasteiger partial charge in [-0.1, -0.05) is 12.2 Å². The van der Waals surface area contributed by atoms with E-state index in [9.17, 15) is 0 Å². The van der Waals surface area contributed by atoms with E-state index >= 15 is 0 Å². The number of methoxy groups -OCH3 is 4. The number of hydrogen-bond acceptors (Lipinski definition) is 5. The van der Waals surface area contributed by atoms with Gasteiger partial charge >= 0.3 is 0 Å². The van der Waals surface area contributed by atoms with Gasteiger partial charge in [0.2, 0.25) is 0 Å². The molecular weight excluding hydrogens is 224 g/mol. The number of rotatable bonds is 10. The molecule has 0 aromatic carbocycles. The first kappa shape index (κ1) is 16.3. The van der Waals surface area contributed by atoms with Gasteiger partial charge < -0.3 is 23.7 Å². The molecule has 0 unspecified atom stereocenters. The standard InChI is InChI=1S/C12H22O5/c1-13-11(14-2)7-5-9-17-10-6-8-12(15-3)16-4/h5-8,11-12H,9-10H2,1-4H3/b7-5+,8-6+. The van der Waals surface area contributed by atoms with Gasteiger partial charge in [0.1, 0.15) is 0 Å². The predicted molar refractivity (Wildman–Crippen MR) is 64.7 cm³/mol. The summed E-state index contributed by atoms with van der Waals surface area (Å²) >= 11 is 0. The highest BCUT2D eigenvalue weighted by Crippen LogP contribution is 1.94. The normalized spacial score (nSPS) is 12.6. The average molecular weight is 246 g/mol. The van der Waals surface area contributed by atoms with Gasteiger partial charge in [-0.3, -0.25) is 0 Å². The SMILES string of the molecule is COC(/C=C/COC/C=C/C(OC)OC)OC. The van der Waals surface area contributed by atoms with Gasteiger partial charge in [0, 0.05) is 28.4 Å². The molecule has 0 aliphatic rings. The summed E-state index contributed by atoms with van der Waals surface area (Å²) in [6.45, 7) is 0.996. The topological polar surface area (TPSA) is 46.2 Å². The smallest absolute Gasteiger partial charge is 0.176 e. The lowest BCUT2D eigenvalue weighted by Gasteiger charge is -2.07. The average Bonchev–Trinajstić information content (AvgIpc) is 2.37. The van der Waals surface area contributed by atoms with Crippen LogP contribution in [-0.2, 0) is 23.7 Å². The highest BCUT2D eigenvalue weighted by atomic mass is 16.7. The van der Waals surface area contributed by atoms with Crippen molar-refractivity contribution in [2.24, 2.45) is 0 Å². The molecule has 0 radical (unpaired) electrons. The summed E-state index contributed by atoms with van der Waals surface area (Å²) in [5.41, 5.74) is 0. The maximum absolute atomic E-state index is 5.32. The fourth-order valence-corrected chi connectivity index (χ4v) is 1.04. The van der Waals surface area contributed by atoms with E-state index in [-0.39, 0.29) is 12.6 Å². The van der Waals surface area contributed by atoms with Gasteiger partial charge in [0.15, 0.2) is 12.6 Å². The molecule has 100 valence electrons. The third-order valence-electron chi connectivity index (χ3n) is 1.94. The van der Waals surface area contributed by atoms with Crippen molar-refractivity contribution in [2.75, 3.05) is 41.7 Å². The predicted octanol–water partition coefficient (Wildman–Crippen LogP) is 1.35. The van der Waals surface area contributed by atoms with Crippen molar-refractivity contribution in [2.45, 2.75) is 12.6 Å². The summed E-state index contributed by atoms with van der Waals surface area (Å²) in [7, 11) is 6.32. The number of ether oxygens (including phenoxy) is 5. The molecule has 0 aliphatic carbocycles. The Morgan fingerprint density at radius 1 is 0.706 bits per heavy atom. The lowest BCUT2D eigenvalue weighted by atomic mass is 10.5. The third kappa shape index (κ3) is 9.02. The van der Waals surface area contributed by atoms with Crippen molar-refractivity contribution >= 4 is 0 Å². The van der Waals surface area contributed by atoms with E-state index in [1.807, 2.05) is 12.2 Å². The Bertz CT molecular complexity index is 185. The summed E-state index contributed by atoms with van der Waals surface area (Å²) in [4.78, 5) is 0. The molecule has 0 aromatic heterocycles. The van der Waals surface area contributed by atoms with Gasteiger partial charge in [-0.05, 0) is 12.2 Å². The van der Waals surface area contributed by atoms with E-state index in [0.29, 0.717) is 13.2 Å². The zero-order chi connectivity index (χ0) is 12.9. The van der Waals surface area contributed by atoms with Crippen LogP contribution < -0.4 is 0 Å². The molecule has 0 rings (SSSR count). The molecule has 0 bridgehead atoms. The first-order valence-electron chi connectivity index (χ1n) is 5.30. The van der Waals surface area contributed by atoms with Gasteiger partial charge in [0.25, 0.3) is 0 Å². The highest BCUT2D eigenvalue weighted by Gasteiger charge is 1.97. The van der Waals surface area contributed by atoms with Gasteiger partial charge in [-0.25, -0.2) is 0 Å². The van der Waals surface area contributed by atoms with Crippen LogP contribution in [0.1, 0.15) is 0 Å². The van der Waals surface area contributed by atoms with E-state index in [4.69, 9.17) is 23.7 Å². The zero-order valence-corrected chi connectivity index (χ0v) is 10.9. The van der Waals surface area contributed by atoms with E-state index < -0.39 is 0 Å². The molecule has 0 saturated carbocycles. The Kier molecular flexibility index (Phi) is 11.3. The first-order chi connectivity index (χ1) is 8.28. The Hall–Kier alpha value is -0.720. The molecule has 0 heterocycles. The van der Waals surface area contributed by atoms with Crippen molar-refractivity contribution in [3.8, 4) is 0 Å². The molecule has 17 heavy (non-hydrogen) atoms. The van der Waals surface area contributed by atoms with Crippen LogP contribution in [-0.4, -0.2) is 54.2 Å². The molecule has 0 atom stereocenters. The van der Waals surface area contributed by atoms with Gasteiger partial charge in [-0.15, -0.1) is 0 Å². The minimum Gasteiger partial charge on any atom is -0.373 e. The van der Waals surface area contributed by atoms with E-state index in [0.717, 1.165) is 0 Å². The van der Waals surface area contributed by atoms with Gasteiger partial charge in [0.05, 0.1) is 13.2 Å². The monoisotopic (exact) mass is 246 g/mol. The molecule has 0 fully saturated rings. The van der Waals surface area contributed by atoms with Crippen LogP contribution in [0.5, 0.6) is 0 Å². The third-order valence-corrected chi connectivity index (χ3v) is 1.94. The van der Waals surface area contributed by atoms with Crippen molar-refractivity contribution in [3.05, 3.63) is 24.3 Å². The Balaban J connectivity index is 3.57. The quantitative estimate of drug-likeness (QED) is 0.331. The second-order valence-electron chi connectivity index (χ2n) is 3.07. The van der Waals surface area contributed by atoms with E-state index in [2.05, 4.69) is 0 Å². The van der Waals surface area contributed by atoms with Crippen molar-refractivity contribution in [1.82, 2.24) is 0 Å². The molecule has 0 saturated heterocycles. The summed E-state index contributed by atoms with van der Waals surface area (Å²) in [5, 5.41) is 0. The highest BCUT2D eigenvalue weighted by molar-refractivity contribution is 4.87. The van der Waals surface area contributed by atoms with Crippen molar-refractivity contribution < 1.29 is 23.7 Å². The Morgan fingerprint density at radius 3 is 1.35 bits per heavy atom. The van der Waals surface area contributed by atoms with Crippen LogP contribution in [0.15, 0.2) is 24.3 Å². The van der Waals surface area contributed by atoms with Gasteiger partial charge in [-0.2, -0.15) is 0 Å². The molecule has 5 nitrogen and oxygen atoms in total. The van der Waals surface area contributed by atoms with Crippen LogP contribution in [0.25, 0.3) is 0 Å². The zero-order valence-electron chi connectivity index (χ0n) is 10.9. The van der Waals surface area contributed by atoms with Crippen LogP contribution in [0, 0.1) is 0 Å². The van der Waals surface area contributed by atoms with Crippen LogP contribution >= 0.6 is 0 Å². The fourth-order valence-electron chi connectivity index (χ4n) is 1.04. The molecule has 0 amide bonds. The minimum absolute atomic E-state index is 0.319. The maximum atomic E-state index is 5.32. The summed E-state index contributed by atoms with van der Waals surface area (Å²) in [5.74, 6) is 0. The molecule has 0 N–H and O–H groups in total. The lowest BCUT2D eigenvalue weighted by Crippen LogP contribution is -2.09. The molecule has 5 heteroatoms. The molecule has 0 aromatic rings. The van der Waals surface area contributed by atoms with E-state index in [1.165, 1.54) is 0 Å². The number of hydrogen-bond donors (Lipinski definition) is 0. The second-order valence-corrected chi connectivity index (χ2v) is 3.07. The maximum Gasteiger partial charge on any atom is 0.176 e. The van der Waals surface area contributed by atoms with Crippen molar-refractivity contribution in [3.63, 3.8) is 0 Å². The second kappa shape index (κ2) is 11.8. The van der Waals surface area contributed by atoms with Crippen LogP contribution in [0.4, 0.5) is 0 Å². The summed E-state index contributed by atoms with van der Waals surface area (Å²) in [6, 6.07) is 0. The van der Waals surface area contributed by atoms with E-state index in [1.54, 1.807) is 40.6 Å². The molecule has 0 aliphatic heterocycles. The summed E-state index contributed by atoms with van der Waals surface area (Å²) < 4.78 is 25.2. The molecule has 0 spiro atoms. The lowest BCUT2D eigenvalue weighted by molar-refractivity contribution is -0.0671. The largest absolute Gasteiger partial charge is 0.373 e. The minimum atomic E-state index is -0.319. The Morgan fingerprint density at radius 2 is 1.06 bits per heavy atom. The molecular formula is C12H22O5. The fraction of sp³-hybridized carbons (Fsp3) is 0.667. The summed E-state index contributed by atoms with van der Waals surface area (Å²) in [6.07, 6.45) is 6.62. The van der Waals surface area contributed by atoms with Crippen LogP contribution in [0.3, 0.4) is 0 Å².